The van der Waals surface area contributed by atoms with Crippen LogP contribution in [0.2, 0.25) is 0 Å². The molecule has 0 unspecified atom stereocenters. The third-order valence-electron chi connectivity index (χ3n) is 5.80. The second-order valence-electron chi connectivity index (χ2n) is 9.85. The fourth-order valence-electron chi connectivity index (χ4n) is 4.31. The van der Waals surface area contributed by atoms with Crippen LogP contribution in [0.1, 0.15) is 46.5 Å². The Bertz CT molecular complexity index is 722. The van der Waals surface area contributed by atoms with Gasteiger partial charge in [-0.3, -0.25) is 19.4 Å². The van der Waals surface area contributed by atoms with Crippen LogP contribution in [0.5, 0.6) is 0 Å². The van der Waals surface area contributed by atoms with Crippen LogP contribution in [-0.4, -0.2) is 79.5 Å². The minimum absolute atomic E-state index is 0.0182. The minimum Gasteiger partial charge on any atom is -0.372 e. The molecule has 0 aliphatic carbocycles. The van der Waals surface area contributed by atoms with Gasteiger partial charge in [0.1, 0.15) is 0 Å². The molecule has 2 fully saturated rings. The summed E-state index contributed by atoms with van der Waals surface area (Å²) in [4.78, 5) is 31.5. The number of nitrogens with zero attached hydrogens (tertiary/aromatic N) is 3. The van der Waals surface area contributed by atoms with Gasteiger partial charge in [0.2, 0.25) is 11.8 Å². The van der Waals surface area contributed by atoms with Crippen molar-refractivity contribution in [2.75, 3.05) is 62.6 Å². The number of anilines is 2. The van der Waals surface area contributed by atoms with Crippen LogP contribution in [0.15, 0.2) is 24.3 Å². The highest BCUT2D eigenvalue weighted by Gasteiger charge is 2.21. The number of hydrogen-bond acceptors (Lipinski definition) is 5. The van der Waals surface area contributed by atoms with Crippen molar-refractivity contribution >= 4 is 23.2 Å². The number of amides is 2. The molecule has 0 saturated carbocycles. The maximum absolute atomic E-state index is 12.6. The Morgan fingerprint density at radius 2 is 1.35 bits per heavy atom. The fourth-order valence-corrected chi connectivity index (χ4v) is 4.31. The molecule has 31 heavy (non-hydrogen) atoms. The van der Waals surface area contributed by atoms with Crippen LogP contribution in [0.4, 0.5) is 11.4 Å². The van der Waals surface area contributed by atoms with Crippen LogP contribution in [0, 0.1) is 0 Å². The lowest BCUT2D eigenvalue weighted by Gasteiger charge is -2.28. The van der Waals surface area contributed by atoms with Crippen molar-refractivity contribution < 1.29 is 9.59 Å². The van der Waals surface area contributed by atoms with Gasteiger partial charge in [0.25, 0.3) is 0 Å². The first-order valence-corrected chi connectivity index (χ1v) is 11.7. The third kappa shape index (κ3) is 8.15. The molecule has 1 aromatic carbocycles. The van der Waals surface area contributed by atoms with Crippen molar-refractivity contribution in [2.45, 2.75) is 52.0 Å². The van der Waals surface area contributed by atoms with E-state index < -0.39 is 0 Å². The molecule has 7 nitrogen and oxygen atoms in total. The van der Waals surface area contributed by atoms with E-state index in [0.717, 1.165) is 51.4 Å². The van der Waals surface area contributed by atoms with Gasteiger partial charge in [-0.25, -0.2) is 0 Å². The van der Waals surface area contributed by atoms with E-state index in [-0.39, 0.29) is 17.4 Å². The molecular weight excluding hydrogens is 390 g/mol. The van der Waals surface area contributed by atoms with Crippen molar-refractivity contribution in [1.29, 1.82) is 0 Å². The molecule has 2 aliphatic heterocycles. The van der Waals surface area contributed by atoms with Crippen LogP contribution in [-0.2, 0) is 9.59 Å². The summed E-state index contributed by atoms with van der Waals surface area (Å²) in [5.41, 5.74) is 1.88. The van der Waals surface area contributed by atoms with Gasteiger partial charge in [-0.1, -0.05) is 0 Å². The molecular formula is C24H39N5O2. The third-order valence-corrected chi connectivity index (χ3v) is 5.80. The molecule has 7 heteroatoms. The summed E-state index contributed by atoms with van der Waals surface area (Å²) >= 11 is 0. The minimum atomic E-state index is -0.209. The van der Waals surface area contributed by atoms with E-state index in [9.17, 15) is 9.59 Å². The van der Waals surface area contributed by atoms with E-state index in [0.29, 0.717) is 13.1 Å². The Morgan fingerprint density at radius 1 is 0.774 bits per heavy atom. The molecule has 0 radical (unpaired) electrons. The molecule has 0 aromatic heterocycles. The van der Waals surface area contributed by atoms with Crippen molar-refractivity contribution in [2.24, 2.45) is 0 Å². The highest BCUT2D eigenvalue weighted by atomic mass is 16.2. The number of nitrogens with one attached hydrogen (secondary N) is 2. The number of benzene rings is 1. The predicted octanol–water partition coefficient (Wildman–Crippen LogP) is 2.54. The van der Waals surface area contributed by atoms with Crippen molar-refractivity contribution in [1.82, 2.24) is 15.1 Å². The van der Waals surface area contributed by atoms with Gasteiger partial charge in [0, 0.05) is 43.1 Å². The molecule has 0 atom stereocenters. The van der Waals surface area contributed by atoms with Gasteiger partial charge < -0.3 is 15.5 Å². The monoisotopic (exact) mass is 429 g/mol. The van der Waals surface area contributed by atoms with Gasteiger partial charge in [0.15, 0.2) is 0 Å². The Hall–Kier alpha value is -2.12. The van der Waals surface area contributed by atoms with Crippen molar-refractivity contribution in [3.63, 3.8) is 0 Å². The molecule has 0 spiro atoms. The second-order valence-corrected chi connectivity index (χ2v) is 9.85. The number of hydrogen-bond donors (Lipinski definition) is 2. The van der Waals surface area contributed by atoms with E-state index in [1.807, 2.05) is 32.9 Å². The topological polar surface area (TPSA) is 67.9 Å². The van der Waals surface area contributed by atoms with Gasteiger partial charge in [-0.05, 0) is 83.8 Å². The summed E-state index contributed by atoms with van der Waals surface area (Å²) in [6.07, 6.45) is 4.80. The van der Waals surface area contributed by atoms with Crippen LogP contribution < -0.4 is 15.5 Å². The largest absolute Gasteiger partial charge is 0.372 e. The summed E-state index contributed by atoms with van der Waals surface area (Å²) < 4.78 is 0. The average molecular weight is 430 g/mol. The lowest BCUT2D eigenvalue weighted by Crippen LogP contribution is -2.46. The standard InChI is InChI=1S/C24H39N5O2/c1-24(2,3)26-23(31)19-28-13-7-12-27(16-17-28)18-22(30)25-20-8-10-21(11-9-20)29-14-5-4-6-15-29/h8-11H,4-7,12-19H2,1-3H3,(H,25,30)(H,26,31). The molecule has 2 heterocycles. The zero-order valence-corrected chi connectivity index (χ0v) is 19.5. The molecule has 2 saturated heterocycles. The SMILES string of the molecule is CC(C)(C)NC(=O)CN1CCCN(CC(=O)Nc2ccc(N3CCCCC3)cc2)CC1. The number of piperidine rings is 1. The number of carbonyl (C=O) groups excluding carboxylic acids is 2. The van der Waals surface area contributed by atoms with E-state index in [2.05, 4.69) is 37.5 Å². The average Bonchev–Trinajstić information content (AvgIpc) is 2.92. The van der Waals surface area contributed by atoms with Gasteiger partial charge in [-0.2, -0.15) is 0 Å². The lowest BCUT2D eigenvalue weighted by molar-refractivity contribution is -0.123. The smallest absolute Gasteiger partial charge is 0.238 e. The van der Waals surface area contributed by atoms with Crippen molar-refractivity contribution in [3.05, 3.63) is 24.3 Å². The molecule has 2 amide bonds. The van der Waals surface area contributed by atoms with Crippen LogP contribution >= 0.6 is 0 Å². The first kappa shape index (κ1) is 23.5. The highest BCUT2D eigenvalue weighted by Crippen LogP contribution is 2.21. The predicted molar refractivity (Wildman–Crippen MR) is 127 cm³/mol. The summed E-state index contributed by atoms with van der Waals surface area (Å²) in [6, 6.07) is 8.21. The molecule has 172 valence electrons. The highest BCUT2D eigenvalue weighted by molar-refractivity contribution is 5.92. The van der Waals surface area contributed by atoms with Gasteiger partial charge in [-0.15, -0.1) is 0 Å². The van der Waals surface area contributed by atoms with Crippen LogP contribution in [0.25, 0.3) is 0 Å². The molecule has 2 aliphatic rings. The Morgan fingerprint density at radius 3 is 1.94 bits per heavy atom. The van der Waals surface area contributed by atoms with Crippen molar-refractivity contribution in [3.8, 4) is 0 Å². The van der Waals surface area contributed by atoms with E-state index in [1.54, 1.807) is 0 Å². The Kier molecular flexibility index (Phi) is 8.32. The van der Waals surface area contributed by atoms with E-state index >= 15 is 0 Å². The molecule has 2 N–H and O–H groups in total. The lowest BCUT2D eigenvalue weighted by atomic mass is 10.1. The summed E-state index contributed by atoms with van der Waals surface area (Å²) in [7, 11) is 0. The van der Waals surface area contributed by atoms with Gasteiger partial charge in [0.05, 0.1) is 13.1 Å². The zero-order chi connectivity index (χ0) is 22.3. The second kappa shape index (κ2) is 11.0. The summed E-state index contributed by atoms with van der Waals surface area (Å²) in [5, 5.41) is 6.05. The maximum atomic E-state index is 12.6. The van der Waals surface area contributed by atoms with Gasteiger partial charge >= 0.3 is 0 Å². The fraction of sp³-hybridized carbons (Fsp3) is 0.667. The normalized spacial score (nSPS) is 19.0. The van der Waals surface area contributed by atoms with Crippen LogP contribution in [0.3, 0.4) is 0 Å². The summed E-state index contributed by atoms with van der Waals surface area (Å²) in [6.45, 7) is 12.4. The zero-order valence-electron chi connectivity index (χ0n) is 19.5. The number of rotatable bonds is 6. The Labute approximate surface area is 187 Å². The summed E-state index contributed by atoms with van der Waals surface area (Å²) in [5.74, 6) is 0.0799. The quantitative estimate of drug-likeness (QED) is 0.727. The first-order chi connectivity index (χ1) is 14.8. The Balaban J connectivity index is 1.41. The first-order valence-electron chi connectivity index (χ1n) is 11.7. The molecule has 1 aromatic rings. The number of carbonyl (C=O) groups is 2. The maximum Gasteiger partial charge on any atom is 0.238 e. The van der Waals surface area contributed by atoms with E-state index in [4.69, 9.17) is 0 Å². The molecule has 3 rings (SSSR count). The molecule has 0 bridgehead atoms. The van der Waals surface area contributed by atoms with E-state index in [1.165, 1.54) is 24.9 Å².